The van der Waals surface area contributed by atoms with Gasteiger partial charge in [-0.2, -0.15) is 0 Å². The summed E-state index contributed by atoms with van der Waals surface area (Å²) in [6, 6.07) is 1.30. The van der Waals surface area contributed by atoms with Crippen LogP contribution in [0.15, 0.2) is 36.4 Å². The summed E-state index contributed by atoms with van der Waals surface area (Å²) >= 11 is 0. The molecule has 1 aliphatic rings. The third-order valence-corrected chi connectivity index (χ3v) is 12.1. The fourth-order valence-corrected chi connectivity index (χ4v) is 7.92. The Morgan fingerprint density at radius 3 is 1.89 bits per heavy atom. The van der Waals surface area contributed by atoms with Crippen LogP contribution in [0, 0.1) is 0 Å². The maximum atomic E-state index is 14.2. The zero-order valence-corrected chi connectivity index (χ0v) is 39.0. The Morgan fingerprint density at radius 1 is 0.742 bits per heavy atom. The molecule has 0 saturated carbocycles. The van der Waals surface area contributed by atoms with E-state index >= 15 is 0 Å². The molecule has 5 atom stereocenters. The highest BCUT2D eigenvalue weighted by Crippen LogP contribution is 2.38. The first kappa shape index (κ1) is 54.6. The van der Waals surface area contributed by atoms with E-state index in [1.54, 1.807) is 0 Å². The van der Waals surface area contributed by atoms with Gasteiger partial charge in [-0.25, -0.2) is 4.79 Å². The molecule has 1 heterocycles. The van der Waals surface area contributed by atoms with E-state index in [0.717, 1.165) is 29.1 Å². The number of nitrogens with zero attached hydrogens (tertiary/aromatic N) is 2. The van der Waals surface area contributed by atoms with Gasteiger partial charge in [0.2, 0.25) is 35.4 Å². The lowest BCUT2D eigenvalue weighted by Crippen LogP contribution is -2.55. The Bertz CT molecular complexity index is 1940. The summed E-state index contributed by atoms with van der Waals surface area (Å²) in [5.74, 6) is -6.47. The molecule has 0 aliphatic carbocycles. The van der Waals surface area contributed by atoms with Gasteiger partial charge in [-0.3, -0.25) is 28.8 Å². The Labute approximate surface area is 387 Å². The topological polar surface area (TPSA) is 275 Å². The van der Waals surface area contributed by atoms with Crippen LogP contribution in [0.5, 0.6) is 11.5 Å². The molecule has 3 rings (SSSR count). The Kier molecular flexibility index (Phi) is 23.4. The number of fused-ring (bicyclic) bond motifs is 5. The van der Waals surface area contributed by atoms with Gasteiger partial charge in [-0.05, 0) is 61.6 Å². The number of carbonyl (C=O) groups is 7. The second-order valence-electron chi connectivity index (χ2n) is 17.2. The summed E-state index contributed by atoms with van der Waals surface area (Å²) in [7, 11) is 2.68. The van der Waals surface area contributed by atoms with E-state index < -0.39 is 78.9 Å². The van der Waals surface area contributed by atoms with E-state index in [-0.39, 0.29) is 66.4 Å². The Hall–Kier alpha value is -5.75. The summed E-state index contributed by atoms with van der Waals surface area (Å²) in [6.45, 7) is 1.85. The van der Waals surface area contributed by atoms with E-state index in [9.17, 15) is 59.1 Å². The molecule has 1 aliphatic heterocycles. The van der Waals surface area contributed by atoms with Gasteiger partial charge in [0.1, 0.15) is 41.7 Å². The minimum Gasteiger partial charge on any atom is -0.507 e. The lowest BCUT2D eigenvalue weighted by molar-refractivity contribution is -0.143. The summed E-state index contributed by atoms with van der Waals surface area (Å²) in [4.78, 5) is 95.2. The quantitative estimate of drug-likeness (QED) is 0.0613. The summed E-state index contributed by atoms with van der Waals surface area (Å²) in [5, 5.41) is 61.2. The van der Waals surface area contributed by atoms with E-state index in [4.69, 9.17) is 0 Å². The van der Waals surface area contributed by atoms with Crippen molar-refractivity contribution in [2.24, 2.45) is 0 Å². The van der Waals surface area contributed by atoms with Crippen molar-refractivity contribution in [2.45, 2.75) is 153 Å². The average molecular weight is 925 g/mol. The van der Waals surface area contributed by atoms with Crippen LogP contribution < -0.4 is 21.3 Å². The van der Waals surface area contributed by atoms with Gasteiger partial charge < -0.3 is 56.6 Å². The third kappa shape index (κ3) is 16.9. The standard InChI is InChI=1S/C48H72N6O12/c1-5-6-7-8-9-10-11-12-13-14-15-16-17-20-41(59)53(3)38(30-56)46(63)50-31(2)44(61)49-29-42(60)54(4)43-33-22-24-40(58)35(28-33)34-26-32(21-23-39(34)57)27-37(48(65)66)52-45(62)36(19-18-25-55)51-47(43)64/h21-24,26,28,31,36-38,43,55-58H,5-20,25,27,29-30H2,1-4H3,(H,49,61)(H,50,63)(H,51,64)(H,52,62)(H,65,66)/t31-,36+,37+,38-,43+/m1/s1. The maximum Gasteiger partial charge on any atom is 0.326 e. The number of nitrogens with one attached hydrogen (secondary N) is 4. The number of aliphatic hydroxyl groups excluding tert-OH is 2. The fraction of sp³-hybridized carbons (Fsp3) is 0.604. The fourth-order valence-electron chi connectivity index (χ4n) is 7.92. The predicted octanol–water partition coefficient (Wildman–Crippen LogP) is 3.57. The van der Waals surface area contributed by atoms with Crippen molar-refractivity contribution in [3.05, 3.63) is 47.5 Å². The summed E-state index contributed by atoms with van der Waals surface area (Å²) < 4.78 is 0. The first-order valence-electron chi connectivity index (χ1n) is 23.3. The second kappa shape index (κ2) is 28.3. The highest BCUT2D eigenvalue weighted by atomic mass is 16.4. The number of benzene rings is 2. The van der Waals surface area contributed by atoms with Crippen LogP contribution in [-0.2, 0) is 40.0 Å². The predicted molar refractivity (Wildman–Crippen MR) is 247 cm³/mol. The van der Waals surface area contributed by atoms with Gasteiger partial charge in [-0.15, -0.1) is 0 Å². The van der Waals surface area contributed by atoms with Crippen molar-refractivity contribution in [3.8, 4) is 22.6 Å². The number of amides is 6. The summed E-state index contributed by atoms with van der Waals surface area (Å²) in [5.41, 5.74) is 0.621. The number of unbranched alkanes of at least 4 members (excludes halogenated alkanes) is 12. The van der Waals surface area contributed by atoms with Crippen LogP contribution in [0.25, 0.3) is 11.1 Å². The van der Waals surface area contributed by atoms with Crippen molar-refractivity contribution in [1.29, 1.82) is 0 Å². The molecule has 6 amide bonds. The van der Waals surface area contributed by atoms with E-state index in [0.29, 0.717) is 12.0 Å². The lowest BCUT2D eigenvalue weighted by atomic mass is 9.93. The SMILES string of the molecule is CCCCCCCCCCCCCCCC(=O)N(C)[C@H](CO)C(=O)N[C@H](C)C(=O)NCC(=O)N(C)[C@@H]1C(=O)N[C@@H](CCCO)C(=O)N[C@H](C(=O)O)Cc2ccc(O)c(c2)-c2cc1ccc2O. The molecule has 9 N–H and O–H groups in total. The lowest BCUT2D eigenvalue weighted by Gasteiger charge is -2.31. The van der Waals surface area contributed by atoms with Gasteiger partial charge in [0.25, 0.3) is 0 Å². The molecule has 0 radical (unpaired) electrons. The van der Waals surface area contributed by atoms with Gasteiger partial charge >= 0.3 is 5.97 Å². The number of hydrogen-bond acceptors (Lipinski definition) is 11. The Balaban J connectivity index is 1.66. The molecule has 2 aromatic rings. The van der Waals surface area contributed by atoms with Crippen LogP contribution in [0.1, 0.15) is 134 Å². The normalized spacial score (nSPS) is 17.0. The van der Waals surface area contributed by atoms with Crippen molar-refractivity contribution < 1.29 is 59.1 Å². The van der Waals surface area contributed by atoms with Crippen molar-refractivity contribution in [3.63, 3.8) is 0 Å². The van der Waals surface area contributed by atoms with Gasteiger partial charge in [0, 0.05) is 44.7 Å². The van der Waals surface area contributed by atoms with Crippen molar-refractivity contribution in [2.75, 3.05) is 33.9 Å². The molecule has 0 unspecified atom stereocenters. The number of phenolic OH excluding ortho intramolecular Hbond substituents is 2. The highest BCUT2D eigenvalue weighted by Gasteiger charge is 2.35. The number of carboxylic acids is 1. The van der Waals surface area contributed by atoms with Crippen LogP contribution in [0.2, 0.25) is 0 Å². The van der Waals surface area contributed by atoms with Gasteiger partial charge in [0.05, 0.1) is 13.2 Å². The molecule has 0 saturated heterocycles. The minimum atomic E-state index is -1.53. The zero-order valence-electron chi connectivity index (χ0n) is 39.0. The number of rotatable bonds is 26. The number of aliphatic carboxylic acids is 1. The van der Waals surface area contributed by atoms with Crippen LogP contribution >= 0.6 is 0 Å². The maximum absolute atomic E-state index is 14.2. The molecule has 0 spiro atoms. The van der Waals surface area contributed by atoms with Crippen LogP contribution in [-0.4, -0.2) is 135 Å². The van der Waals surface area contributed by atoms with E-state index in [2.05, 4.69) is 28.2 Å². The molecule has 18 heteroatoms. The van der Waals surface area contributed by atoms with Crippen LogP contribution in [0.3, 0.4) is 0 Å². The van der Waals surface area contributed by atoms with Crippen molar-refractivity contribution >= 4 is 41.4 Å². The number of hydrogen-bond donors (Lipinski definition) is 9. The van der Waals surface area contributed by atoms with E-state index in [1.807, 2.05) is 0 Å². The van der Waals surface area contributed by atoms with E-state index in [1.165, 1.54) is 115 Å². The molecule has 0 aromatic heterocycles. The zero-order chi connectivity index (χ0) is 48.8. The third-order valence-electron chi connectivity index (χ3n) is 12.1. The molecular weight excluding hydrogens is 853 g/mol. The van der Waals surface area contributed by atoms with Gasteiger partial charge in [-0.1, -0.05) is 96.1 Å². The second-order valence-corrected chi connectivity index (χ2v) is 17.2. The molecule has 4 bridgehead atoms. The average Bonchev–Trinajstić information content (AvgIpc) is 3.28. The van der Waals surface area contributed by atoms with Crippen LogP contribution in [0.4, 0.5) is 0 Å². The first-order valence-corrected chi connectivity index (χ1v) is 23.3. The smallest absolute Gasteiger partial charge is 0.326 e. The monoisotopic (exact) mass is 925 g/mol. The van der Waals surface area contributed by atoms with Crippen molar-refractivity contribution in [1.82, 2.24) is 31.1 Å². The first-order chi connectivity index (χ1) is 31.5. The summed E-state index contributed by atoms with van der Waals surface area (Å²) in [6.07, 6.45) is 15.0. The minimum absolute atomic E-state index is 0.0429. The highest BCUT2D eigenvalue weighted by molar-refractivity contribution is 5.96. The molecule has 2 aromatic carbocycles. The number of carboxylic acid groups (broad SMARTS) is 1. The molecule has 0 fully saturated rings. The molecule has 18 nitrogen and oxygen atoms in total. The molecule has 366 valence electrons. The molecule has 66 heavy (non-hydrogen) atoms. The Morgan fingerprint density at radius 2 is 1.32 bits per heavy atom. The number of likely N-dealkylation sites (N-methyl/N-ethyl adjacent to an activating group) is 2. The molecular formula is C48H72N6O12. The number of phenols is 2. The number of aromatic hydroxyl groups is 2. The van der Waals surface area contributed by atoms with Gasteiger partial charge in [0.15, 0.2) is 0 Å². The number of carbonyl (C=O) groups excluding carboxylic acids is 6. The number of aliphatic hydroxyl groups is 2. The largest absolute Gasteiger partial charge is 0.507 e.